The molecule has 0 radical (unpaired) electrons. The Morgan fingerprint density at radius 3 is 2.53 bits per heavy atom. The lowest BCUT2D eigenvalue weighted by Gasteiger charge is -2.40. The predicted octanol–water partition coefficient (Wildman–Crippen LogP) is 1.63. The van der Waals surface area contributed by atoms with Crippen molar-refractivity contribution in [2.24, 2.45) is 11.8 Å². The number of hydrogen-bond acceptors (Lipinski definition) is 3. The Labute approximate surface area is 117 Å². The van der Waals surface area contributed by atoms with Crippen LogP contribution in [0.1, 0.15) is 47.0 Å². The van der Waals surface area contributed by atoms with Crippen molar-refractivity contribution >= 4 is 5.91 Å². The van der Waals surface area contributed by atoms with Gasteiger partial charge in [-0.2, -0.15) is 0 Å². The third kappa shape index (κ3) is 5.49. The van der Waals surface area contributed by atoms with Gasteiger partial charge in [-0.25, -0.2) is 0 Å². The van der Waals surface area contributed by atoms with Crippen LogP contribution in [0.5, 0.6) is 0 Å². The van der Waals surface area contributed by atoms with Gasteiger partial charge in [0.05, 0.1) is 0 Å². The SMILES string of the molecule is CC(C)C(=O)NC1CC(CCCO)CN(C(C)C)C1. The molecule has 0 saturated carbocycles. The van der Waals surface area contributed by atoms with Gasteiger partial charge in [0.15, 0.2) is 0 Å². The molecule has 2 atom stereocenters. The number of aliphatic hydroxyl groups excluding tert-OH is 1. The number of piperidine rings is 1. The highest BCUT2D eigenvalue weighted by Crippen LogP contribution is 2.23. The molecule has 0 aliphatic carbocycles. The van der Waals surface area contributed by atoms with Crippen molar-refractivity contribution in [3.8, 4) is 0 Å². The minimum atomic E-state index is 0.0466. The highest BCUT2D eigenvalue weighted by Gasteiger charge is 2.29. The standard InChI is InChI=1S/C15H30N2O2/c1-11(2)15(19)16-14-8-13(6-5-7-18)9-17(10-14)12(3)4/h11-14,18H,5-10H2,1-4H3,(H,16,19). The monoisotopic (exact) mass is 270 g/mol. The van der Waals surface area contributed by atoms with E-state index < -0.39 is 0 Å². The van der Waals surface area contributed by atoms with Crippen molar-refractivity contribution in [2.45, 2.75) is 59.0 Å². The molecule has 112 valence electrons. The van der Waals surface area contributed by atoms with E-state index in [4.69, 9.17) is 5.11 Å². The predicted molar refractivity (Wildman–Crippen MR) is 77.9 cm³/mol. The minimum absolute atomic E-state index is 0.0466. The highest BCUT2D eigenvalue weighted by molar-refractivity contribution is 5.78. The quantitative estimate of drug-likeness (QED) is 0.771. The van der Waals surface area contributed by atoms with Gasteiger partial charge in [0.25, 0.3) is 0 Å². The van der Waals surface area contributed by atoms with E-state index in [2.05, 4.69) is 24.1 Å². The molecule has 4 heteroatoms. The van der Waals surface area contributed by atoms with E-state index in [1.54, 1.807) is 0 Å². The van der Waals surface area contributed by atoms with Crippen LogP contribution in [0.15, 0.2) is 0 Å². The van der Waals surface area contributed by atoms with E-state index in [1.807, 2.05) is 13.8 Å². The molecule has 1 rings (SSSR count). The Morgan fingerprint density at radius 2 is 2.00 bits per heavy atom. The molecule has 1 fully saturated rings. The lowest BCUT2D eigenvalue weighted by Crippen LogP contribution is -2.53. The fraction of sp³-hybridized carbons (Fsp3) is 0.933. The van der Waals surface area contributed by atoms with Gasteiger partial charge < -0.3 is 10.4 Å². The summed E-state index contributed by atoms with van der Waals surface area (Å²) in [6.45, 7) is 10.6. The van der Waals surface area contributed by atoms with Crippen LogP contribution in [-0.2, 0) is 4.79 Å². The van der Waals surface area contributed by atoms with Gasteiger partial charge in [-0.05, 0) is 39.0 Å². The second kappa shape index (κ2) is 7.85. The molecular weight excluding hydrogens is 240 g/mol. The molecule has 1 heterocycles. The van der Waals surface area contributed by atoms with Crippen LogP contribution in [0.25, 0.3) is 0 Å². The maximum atomic E-state index is 11.8. The van der Waals surface area contributed by atoms with Gasteiger partial charge in [-0.3, -0.25) is 9.69 Å². The van der Waals surface area contributed by atoms with E-state index in [0.29, 0.717) is 12.0 Å². The van der Waals surface area contributed by atoms with Gasteiger partial charge >= 0.3 is 0 Å². The number of nitrogens with one attached hydrogen (secondary N) is 1. The third-order valence-corrected chi connectivity index (χ3v) is 3.94. The molecule has 0 aromatic heterocycles. The Balaban J connectivity index is 2.56. The summed E-state index contributed by atoms with van der Waals surface area (Å²) in [7, 11) is 0. The molecule has 1 aliphatic heterocycles. The summed E-state index contributed by atoms with van der Waals surface area (Å²) in [5.74, 6) is 0.780. The average molecular weight is 270 g/mol. The molecule has 1 aliphatic rings. The minimum Gasteiger partial charge on any atom is -0.396 e. The van der Waals surface area contributed by atoms with Gasteiger partial charge in [0, 0.05) is 37.7 Å². The Morgan fingerprint density at radius 1 is 1.32 bits per heavy atom. The van der Waals surface area contributed by atoms with Crippen molar-refractivity contribution in [3.63, 3.8) is 0 Å². The maximum absolute atomic E-state index is 11.8. The molecule has 0 aromatic rings. The molecule has 4 nitrogen and oxygen atoms in total. The van der Waals surface area contributed by atoms with Gasteiger partial charge in [-0.15, -0.1) is 0 Å². The number of amides is 1. The number of hydrogen-bond donors (Lipinski definition) is 2. The summed E-state index contributed by atoms with van der Waals surface area (Å²) in [5, 5.41) is 12.1. The molecule has 2 unspecified atom stereocenters. The molecule has 0 spiro atoms. The van der Waals surface area contributed by atoms with Crippen LogP contribution in [0.3, 0.4) is 0 Å². The first-order valence-corrected chi connectivity index (χ1v) is 7.59. The van der Waals surface area contributed by atoms with Crippen LogP contribution < -0.4 is 5.32 Å². The van der Waals surface area contributed by atoms with Crippen LogP contribution in [-0.4, -0.2) is 47.7 Å². The van der Waals surface area contributed by atoms with Crippen molar-refractivity contribution in [1.29, 1.82) is 0 Å². The van der Waals surface area contributed by atoms with E-state index in [1.165, 1.54) is 0 Å². The van der Waals surface area contributed by atoms with Gasteiger partial charge in [-0.1, -0.05) is 13.8 Å². The molecule has 1 saturated heterocycles. The zero-order valence-corrected chi connectivity index (χ0v) is 12.9. The van der Waals surface area contributed by atoms with Crippen LogP contribution in [0, 0.1) is 11.8 Å². The zero-order valence-electron chi connectivity index (χ0n) is 12.9. The summed E-state index contributed by atoms with van der Waals surface area (Å²) in [6.07, 6.45) is 2.96. The molecular formula is C15H30N2O2. The number of rotatable bonds is 6. The summed E-state index contributed by atoms with van der Waals surface area (Å²) in [6, 6.07) is 0.769. The smallest absolute Gasteiger partial charge is 0.222 e. The fourth-order valence-corrected chi connectivity index (χ4v) is 2.72. The number of aliphatic hydroxyl groups is 1. The highest BCUT2D eigenvalue weighted by atomic mass is 16.2. The van der Waals surface area contributed by atoms with E-state index >= 15 is 0 Å². The van der Waals surface area contributed by atoms with Crippen LogP contribution >= 0.6 is 0 Å². The largest absolute Gasteiger partial charge is 0.396 e. The molecule has 19 heavy (non-hydrogen) atoms. The van der Waals surface area contributed by atoms with Gasteiger partial charge in [0.2, 0.25) is 5.91 Å². The number of carbonyl (C=O) groups is 1. The molecule has 0 bridgehead atoms. The summed E-state index contributed by atoms with van der Waals surface area (Å²) < 4.78 is 0. The number of carbonyl (C=O) groups excluding carboxylic acids is 1. The van der Waals surface area contributed by atoms with Crippen molar-refractivity contribution in [2.75, 3.05) is 19.7 Å². The second-order valence-corrected chi connectivity index (χ2v) is 6.38. The summed E-state index contributed by atoms with van der Waals surface area (Å²) >= 11 is 0. The number of likely N-dealkylation sites (tertiary alicyclic amines) is 1. The normalized spacial score (nSPS) is 25.0. The first-order chi connectivity index (χ1) is 8.93. The summed E-state index contributed by atoms with van der Waals surface area (Å²) in [5.41, 5.74) is 0. The Hall–Kier alpha value is -0.610. The number of nitrogens with zero attached hydrogens (tertiary/aromatic N) is 1. The topological polar surface area (TPSA) is 52.6 Å². The second-order valence-electron chi connectivity index (χ2n) is 6.38. The molecule has 2 N–H and O–H groups in total. The third-order valence-electron chi connectivity index (χ3n) is 3.94. The van der Waals surface area contributed by atoms with E-state index in [-0.39, 0.29) is 24.5 Å². The Kier molecular flexibility index (Phi) is 6.80. The maximum Gasteiger partial charge on any atom is 0.222 e. The molecule has 1 amide bonds. The van der Waals surface area contributed by atoms with E-state index in [0.717, 1.165) is 32.4 Å². The first-order valence-electron chi connectivity index (χ1n) is 7.59. The van der Waals surface area contributed by atoms with Crippen molar-refractivity contribution in [1.82, 2.24) is 10.2 Å². The first kappa shape index (κ1) is 16.4. The van der Waals surface area contributed by atoms with Crippen LogP contribution in [0.4, 0.5) is 0 Å². The van der Waals surface area contributed by atoms with Crippen molar-refractivity contribution < 1.29 is 9.90 Å². The van der Waals surface area contributed by atoms with Crippen molar-refractivity contribution in [3.05, 3.63) is 0 Å². The summed E-state index contributed by atoms with van der Waals surface area (Å²) in [4.78, 5) is 14.3. The van der Waals surface area contributed by atoms with Gasteiger partial charge in [0.1, 0.15) is 0 Å². The molecule has 0 aromatic carbocycles. The average Bonchev–Trinajstić information content (AvgIpc) is 2.35. The van der Waals surface area contributed by atoms with Crippen LogP contribution in [0.2, 0.25) is 0 Å². The lowest BCUT2D eigenvalue weighted by atomic mass is 9.89. The lowest BCUT2D eigenvalue weighted by molar-refractivity contribution is -0.125. The fourth-order valence-electron chi connectivity index (χ4n) is 2.72. The Bertz CT molecular complexity index is 279. The zero-order chi connectivity index (χ0) is 14.4. The van der Waals surface area contributed by atoms with E-state index in [9.17, 15) is 4.79 Å².